The van der Waals surface area contributed by atoms with Gasteiger partial charge in [0, 0.05) is 5.56 Å². The minimum atomic E-state index is -1.16. The fourth-order valence-electron chi connectivity index (χ4n) is 2.23. The van der Waals surface area contributed by atoms with Crippen LogP contribution in [0.2, 0.25) is 0 Å². The maximum Gasteiger partial charge on any atom is 0.335 e. The highest BCUT2D eigenvalue weighted by atomic mass is 16.4. The summed E-state index contributed by atoms with van der Waals surface area (Å²) in [5, 5.41) is 11.6. The molecule has 0 aliphatic heterocycles. The Morgan fingerprint density at radius 1 is 1.29 bits per heavy atom. The van der Waals surface area contributed by atoms with Crippen LogP contribution >= 0.6 is 0 Å². The zero-order valence-electron chi connectivity index (χ0n) is 12.3. The number of carboxylic acids is 1. The molecule has 6 heteroatoms. The van der Waals surface area contributed by atoms with E-state index in [1.165, 1.54) is 24.3 Å². The highest BCUT2D eigenvalue weighted by molar-refractivity contribution is 6.00. The monoisotopic (exact) mass is 292 g/mol. The third kappa shape index (κ3) is 3.39. The molecule has 0 fully saturated rings. The number of hydrogen-bond donors (Lipinski definition) is 3. The SMILES string of the molecule is CCC(NC(=O)c1cccc(C(=O)O)c1)(C(N)=O)C(C)C. The Morgan fingerprint density at radius 3 is 2.29 bits per heavy atom. The van der Waals surface area contributed by atoms with Crippen molar-refractivity contribution in [1.82, 2.24) is 5.32 Å². The van der Waals surface area contributed by atoms with Crippen LogP contribution in [0.3, 0.4) is 0 Å². The van der Waals surface area contributed by atoms with E-state index in [4.69, 9.17) is 10.8 Å². The van der Waals surface area contributed by atoms with E-state index in [-0.39, 0.29) is 17.0 Å². The number of hydrogen-bond acceptors (Lipinski definition) is 3. The molecule has 0 saturated carbocycles. The van der Waals surface area contributed by atoms with Crippen LogP contribution in [0, 0.1) is 5.92 Å². The van der Waals surface area contributed by atoms with E-state index in [1.807, 2.05) is 0 Å². The third-order valence-corrected chi connectivity index (χ3v) is 3.69. The molecule has 1 aromatic rings. The van der Waals surface area contributed by atoms with Gasteiger partial charge in [0.25, 0.3) is 5.91 Å². The molecular weight excluding hydrogens is 272 g/mol. The second kappa shape index (κ2) is 6.39. The minimum absolute atomic E-state index is 0.00775. The summed E-state index contributed by atoms with van der Waals surface area (Å²) in [4.78, 5) is 35.0. The van der Waals surface area contributed by atoms with Crippen LogP contribution in [0.15, 0.2) is 24.3 Å². The molecule has 0 saturated heterocycles. The topological polar surface area (TPSA) is 109 Å². The highest BCUT2D eigenvalue weighted by Gasteiger charge is 2.39. The molecule has 114 valence electrons. The zero-order valence-corrected chi connectivity index (χ0v) is 12.3. The molecule has 4 N–H and O–H groups in total. The van der Waals surface area contributed by atoms with Gasteiger partial charge in [-0.1, -0.05) is 26.8 Å². The molecule has 2 amide bonds. The summed E-state index contributed by atoms with van der Waals surface area (Å²) < 4.78 is 0. The first-order valence-electron chi connectivity index (χ1n) is 6.70. The Morgan fingerprint density at radius 2 is 1.86 bits per heavy atom. The van der Waals surface area contributed by atoms with Crippen LogP contribution in [-0.2, 0) is 4.79 Å². The molecule has 0 radical (unpaired) electrons. The van der Waals surface area contributed by atoms with Gasteiger partial charge in [-0.15, -0.1) is 0 Å². The van der Waals surface area contributed by atoms with Gasteiger partial charge in [-0.3, -0.25) is 9.59 Å². The fraction of sp³-hybridized carbons (Fsp3) is 0.400. The number of nitrogens with one attached hydrogen (secondary N) is 1. The van der Waals surface area contributed by atoms with E-state index < -0.39 is 23.3 Å². The lowest BCUT2D eigenvalue weighted by Gasteiger charge is -2.34. The number of carbonyl (C=O) groups is 3. The molecule has 0 heterocycles. The molecule has 1 aromatic carbocycles. The predicted octanol–water partition coefficient (Wildman–Crippen LogP) is 1.40. The number of aromatic carboxylic acids is 1. The average molecular weight is 292 g/mol. The molecule has 6 nitrogen and oxygen atoms in total. The first-order valence-corrected chi connectivity index (χ1v) is 6.70. The third-order valence-electron chi connectivity index (χ3n) is 3.69. The lowest BCUT2D eigenvalue weighted by atomic mass is 9.82. The quantitative estimate of drug-likeness (QED) is 0.736. The first-order chi connectivity index (χ1) is 9.74. The molecule has 0 aromatic heterocycles. The number of rotatable bonds is 6. The zero-order chi connectivity index (χ0) is 16.2. The standard InChI is InChI=1S/C15H20N2O4/c1-4-15(9(2)3,14(16)21)17-12(18)10-6-5-7-11(8-10)13(19)20/h5-9H,4H2,1-3H3,(H2,16,21)(H,17,18)(H,19,20). The smallest absolute Gasteiger partial charge is 0.335 e. The molecule has 0 bridgehead atoms. The second-order valence-electron chi connectivity index (χ2n) is 5.18. The van der Waals surface area contributed by atoms with E-state index in [0.717, 1.165) is 0 Å². The van der Waals surface area contributed by atoms with Gasteiger partial charge in [0.1, 0.15) is 5.54 Å². The van der Waals surface area contributed by atoms with Crippen molar-refractivity contribution in [3.63, 3.8) is 0 Å². The summed E-state index contributed by atoms with van der Waals surface area (Å²) in [7, 11) is 0. The van der Waals surface area contributed by atoms with E-state index in [9.17, 15) is 14.4 Å². The molecule has 21 heavy (non-hydrogen) atoms. The predicted molar refractivity (Wildman–Crippen MR) is 77.9 cm³/mol. The number of nitrogens with two attached hydrogens (primary N) is 1. The fourth-order valence-corrected chi connectivity index (χ4v) is 2.23. The highest BCUT2D eigenvalue weighted by Crippen LogP contribution is 2.22. The summed E-state index contributed by atoms with van der Waals surface area (Å²) in [5.41, 5.74) is 4.47. The number of benzene rings is 1. The van der Waals surface area contributed by atoms with Crippen LogP contribution in [0.25, 0.3) is 0 Å². The molecule has 0 aliphatic rings. The largest absolute Gasteiger partial charge is 0.478 e. The summed E-state index contributed by atoms with van der Waals surface area (Å²) in [6.45, 7) is 5.35. The molecule has 0 spiro atoms. The summed E-state index contributed by atoms with van der Waals surface area (Å²) in [6.07, 6.45) is 0.352. The van der Waals surface area contributed by atoms with Gasteiger partial charge in [0.2, 0.25) is 5.91 Å². The van der Waals surface area contributed by atoms with Crippen molar-refractivity contribution >= 4 is 17.8 Å². The molecular formula is C15H20N2O4. The van der Waals surface area contributed by atoms with Crippen molar-refractivity contribution < 1.29 is 19.5 Å². The summed E-state index contributed by atoms with van der Waals surface area (Å²) in [6, 6.07) is 5.62. The lowest BCUT2D eigenvalue weighted by molar-refractivity contribution is -0.126. The van der Waals surface area contributed by atoms with Gasteiger partial charge in [-0.25, -0.2) is 4.79 Å². The Bertz CT molecular complexity index is 569. The molecule has 1 unspecified atom stereocenters. The number of primary amides is 1. The second-order valence-corrected chi connectivity index (χ2v) is 5.18. The van der Waals surface area contributed by atoms with Gasteiger partial charge in [-0.2, -0.15) is 0 Å². The van der Waals surface area contributed by atoms with E-state index in [2.05, 4.69) is 5.32 Å². The van der Waals surface area contributed by atoms with E-state index in [1.54, 1.807) is 20.8 Å². The van der Waals surface area contributed by atoms with Gasteiger partial charge in [-0.05, 0) is 30.5 Å². The van der Waals surface area contributed by atoms with Gasteiger partial charge in [0.15, 0.2) is 0 Å². The summed E-state index contributed by atoms with van der Waals surface area (Å²) in [5.74, 6) is -2.44. The van der Waals surface area contributed by atoms with Crippen molar-refractivity contribution in [2.45, 2.75) is 32.7 Å². The molecule has 1 rings (SSSR count). The maximum atomic E-state index is 12.3. The van der Waals surface area contributed by atoms with Crippen molar-refractivity contribution in [2.75, 3.05) is 0 Å². The summed E-state index contributed by atoms with van der Waals surface area (Å²) >= 11 is 0. The Balaban J connectivity index is 3.11. The van der Waals surface area contributed by atoms with Crippen LogP contribution < -0.4 is 11.1 Å². The minimum Gasteiger partial charge on any atom is -0.478 e. The molecule has 1 atom stereocenters. The van der Waals surface area contributed by atoms with E-state index in [0.29, 0.717) is 6.42 Å². The van der Waals surface area contributed by atoms with Crippen molar-refractivity contribution in [3.8, 4) is 0 Å². The average Bonchev–Trinajstić information content (AvgIpc) is 2.43. The normalized spacial score (nSPS) is 13.5. The van der Waals surface area contributed by atoms with Gasteiger partial charge < -0.3 is 16.2 Å². The van der Waals surface area contributed by atoms with Crippen molar-refractivity contribution in [2.24, 2.45) is 11.7 Å². The number of carbonyl (C=O) groups excluding carboxylic acids is 2. The van der Waals surface area contributed by atoms with Gasteiger partial charge in [0.05, 0.1) is 5.56 Å². The van der Waals surface area contributed by atoms with Crippen LogP contribution in [0.5, 0.6) is 0 Å². The van der Waals surface area contributed by atoms with Crippen LogP contribution in [0.4, 0.5) is 0 Å². The van der Waals surface area contributed by atoms with E-state index >= 15 is 0 Å². The van der Waals surface area contributed by atoms with Gasteiger partial charge >= 0.3 is 5.97 Å². The van der Waals surface area contributed by atoms with Crippen molar-refractivity contribution in [3.05, 3.63) is 35.4 Å². The number of carboxylic acid groups (broad SMARTS) is 1. The van der Waals surface area contributed by atoms with Crippen molar-refractivity contribution in [1.29, 1.82) is 0 Å². The Kier molecular flexibility index (Phi) is 5.07. The Hall–Kier alpha value is -2.37. The molecule has 0 aliphatic carbocycles. The Labute approximate surface area is 123 Å². The maximum absolute atomic E-state index is 12.3. The van der Waals surface area contributed by atoms with Crippen LogP contribution in [-0.4, -0.2) is 28.4 Å². The van der Waals surface area contributed by atoms with Crippen LogP contribution in [0.1, 0.15) is 47.9 Å². The number of amides is 2. The first kappa shape index (κ1) is 16.7. The lowest BCUT2D eigenvalue weighted by Crippen LogP contribution is -2.60.